The minimum absolute atomic E-state index is 0.194. The Labute approximate surface area is 149 Å². The number of hydrogen-bond donors (Lipinski definition) is 1. The van der Waals surface area contributed by atoms with Crippen molar-refractivity contribution >= 4 is 11.7 Å². The standard InChI is InChI=1S/C17H18N6O3/c1-13-10-16(23(25)26)20-22(13)9-7-18-17(24)15-5-2-4-14(11-15)12-21-8-3-6-19-21/h2-6,8,10-11H,7,9,12H2,1H3,(H,18,24). The van der Waals surface area contributed by atoms with Crippen LogP contribution in [0.3, 0.4) is 0 Å². The van der Waals surface area contributed by atoms with Gasteiger partial charge in [-0.3, -0.25) is 9.48 Å². The maximum Gasteiger partial charge on any atom is 0.390 e. The van der Waals surface area contributed by atoms with E-state index in [1.54, 1.807) is 23.9 Å². The van der Waals surface area contributed by atoms with Crippen LogP contribution in [0.4, 0.5) is 5.82 Å². The van der Waals surface area contributed by atoms with Crippen LogP contribution in [0.25, 0.3) is 0 Å². The first-order chi connectivity index (χ1) is 12.5. The summed E-state index contributed by atoms with van der Waals surface area (Å²) < 4.78 is 3.29. The molecule has 3 rings (SSSR count). The van der Waals surface area contributed by atoms with Gasteiger partial charge in [0.25, 0.3) is 5.91 Å². The summed E-state index contributed by atoms with van der Waals surface area (Å²) in [5, 5.41) is 21.6. The molecule has 9 nitrogen and oxygen atoms in total. The molecule has 0 aliphatic carbocycles. The molecule has 1 N–H and O–H groups in total. The van der Waals surface area contributed by atoms with Crippen molar-refractivity contribution in [3.8, 4) is 0 Å². The smallest absolute Gasteiger partial charge is 0.358 e. The molecule has 2 aromatic heterocycles. The van der Waals surface area contributed by atoms with Crippen LogP contribution in [-0.2, 0) is 13.1 Å². The van der Waals surface area contributed by atoms with Crippen LogP contribution >= 0.6 is 0 Å². The van der Waals surface area contributed by atoms with E-state index in [4.69, 9.17) is 0 Å². The minimum Gasteiger partial charge on any atom is -0.358 e. The summed E-state index contributed by atoms with van der Waals surface area (Å²) in [4.78, 5) is 22.5. The lowest BCUT2D eigenvalue weighted by Crippen LogP contribution is -2.27. The van der Waals surface area contributed by atoms with Gasteiger partial charge in [-0.15, -0.1) is 0 Å². The van der Waals surface area contributed by atoms with Gasteiger partial charge in [0.1, 0.15) is 0 Å². The molecule has 26 heavy (non-hydrogen) atoms. The Morgan fingerprint density at radius 1 is 1.31 bits per heavy atom. The molecule has 0 fully saturated rings. The molecule has 0 aliphatic rings. The second-order valence-corrected chi connectivity index (χ2v) is 5.78. The Kier molecular flexibility index (Phi) is 5.07. The van der Waals surface area contributed by atoms with Crippen LogP contribution in [0.15, 0.2) is 48.8 Å². The zero-order valence-electron chi connectivity index (χ0n) is 14.2. The second kappa shape index (κ2) is 7.60. The fraction of sp³-hybridized carbons (Fsp3) is 0.235. The van der Waals surface area contributed by atoms with Gasteiger partial charge in [-0.25, -0.2) is 0 Å². The fourth-order valence-electron chi connectivity index (χ4n) is 2.58. The number of nitrogens with zero attached hydrogens (tertiary/aromatic N) is 5. The molecule has 0 spiro atoms. The maximum absolute atomic E-state index is 12.3. The lowest BCUT2D eigenvalue weighted by Gasteiger charge is -2.07. The molecule has 1 aromatic carbocycles. The molecular weight excluding hydrogens is 336 g/mol. The molecule has 0 bridgehead atoms. The summed E-state index contributed by atoms with van der Waals surface area (Å²) in [5.74, 6) is -0.397. The molecule has 0 saturated heterocycles. The third-order valence-electron chi connectivity index (χ3n) is 3.86. The fourth-order valence-corrected chi connectivity index (χ4v) is 2.58. The molecule has 2 heterocycles. The molecular formula is C17H18N6O3. The number of rotatable bonds is 7. The molecule has 0 unspecified atom stereocenters. The molecule has 0 aliphatic heterocycles. The lowest BCUT2D eigenvalue weighted by atomic mass is 10.1. The van der Waals surface area contributed by atoms with E-state index in [0.717, 1.165) is 5.56 Å². The molecule has 3 aromatic rings. The van der Waals surface area contributed by atoms with E-state index in [1.165, 1.54) is 10.7 Å². The molecule has 134 valence electrons. The van der Waals surface area contributed by atoms with Crippen LogP contribution in [0.2, 0.25) is 0 Å². The number of nitro groups is 1. The van der Waals surface area contributed by atoms with E-state index >= 15 is 0 Å². The van der Waals surface area contributed by atoms with Crippen molar-refractivity contribution in [2.24, 2.45) is 0 Å². The van der Waals surface area contributed by atoms with Crippen LogP contribution in [0.5, 0.6) is 0 Å². The molecule has 0 atom stereocenters. The largest absolute Gasteiger partial charge is 0.390 e. The number of carbonyl (C=O) groups is 1. The van der Waals surface area contributed by atoms with Crippen LogP contribution in [-0.4, -0.2) is 36.9 Å². The first kappa shape index (κ1) is 17.3. The highest BCUT2D eigenvalue weighted by Gasteiger charge is 2.15. The summed E-state index contributed by atoms with van der Waals surface area (Å²) in [6.07, 6.45) is 3.57. The third kappa shape index (κ3) is 4.12. The monoisotopic (exact) mass is 354 g/mol. The maximum atomic E-state index is 12.3. The average molecular weight is 354 g/mol. The van der Waals surface area contributed by atoms with Crippen molar-refractivity contribution in [3.05, 3.63) is 75.7 Å². The minimum atomic E-state index is -0.535. The highest BCUT2D eigenvalue weighted by atomic mass is 16.6. The highest BCUT2D eigenvalue weighted by Crippen LogP contribution is 2.10. The number of benzene rings is 1. The number of aryl methyl sites for hydroxylation is 1. The summed E-state index contributed by atoms with van der Waals surface area (Å²) in [6.45, 7) is 3.01. The van der Waals surface area contributed by atoms with Crippen molar-refractivity contribution < 1.29 is 9.72 Å². The Balaban J connectivity index is 1.57. The van der Waals surface area contributed by atoms with E-state index in [1.807, 2.05) is 30.5 Å². The van der Waals surface area contributed by atoms with Gasteiger partial charge in [0.15, 0.2) is 0 Å². The van der Waals surface area contributed by atoms with E-state index < -0.39 is 4.92 Å². The predicted molar refractivity (Wildman–Crippen MR) is 93.7 cm³/mol. The Bertz CT molecular complexity index is 916. The van der Waals surface area contributed by atoms with Gasteiger partial charge >= 0.3 is 5.82 Å². The van der Waals surface area contributed by atoms with Crippen molar-refractivity contribution in [1.29, 1.82) is 0 Å². The van der Waals surface area contributed by atoms with E-state index in [2.05, 4.69) is 15.5 Å². The predicted octanol–water partition coefficient (Wildman–Crippen LogP) is 1.77. The normalized spacial score (nSPS) is 10.7. The summed E-state index contributed by atoms with van der Waals surface area (Å²) in [6, 6.07) is 10.6. The number of aromatic nitrogens is 4. The molecule has 0 radical (unpaired) electrons. The SMILES string of the molecule is Cc1cc([N+](=O)[O-])nn1CCNC(=O)c1cccc(Cn2cccn2)c1. The van der Waals surface area contributed by atoms with E-state index in [-0.39, 0.29) is 11.7 Å². The summed E-state index contributed by atoms with van der Waals surface area (Å²) in [5.41, 5.74) is 2.20. The van der Waals surface area contributed by atoms with Crippen LogP contribution in [0.1, 0.15) is 21.6 Å². The molecule has 9 heteroatoms. The van der Waals surface area contributed by atoms with Gasteiger partial charge in [0, 0.05) is 24.5 Å². The van der Waals surface area contributed by atoms with Crippen molar-refractivity contribution in [2.75, 3.05) is 6.54 Å². The van der Waals surface area contributed by atoms with Crippen molar-refractivity contribution in [2.45, 2.75) is 20.0 Å². The van der Waals surface area contributed by atoms with Gasteiger partial charge < -0.3 is 15.4 Å². The average Bonchev–Trinajstić information content (AvgIpc) is 3.25. The quantitative estimate of drug-likeness (QED) is 0.514. The van der Waals surface area contributed by atoms with Gasteiger partial charge in [-0.2, -0.15) is 9.78 Å². The van der Waals surface area contributed by atoms with Gasteiger partial charge in [-0.05, 0) is 35.6 Å². The summed E-state index contributed by atoms with van der Waals surface area (Å²) >= 11 is 0. The topological polar surface area (TPSA) is 108 Å². The molecule has 0 saturated carbocycles. The van der Waals surface area contributed by atoms with Crippen molar-refractivity contribution in [3.63, 3.8) is 0 Å². The van der Waals surface area contributed by atoms with Gasteiger partial charge in [0.2, 0.25) is 0 Å². The lowest BCUT2D eigenvalue weighted by molar-refractivity contribution is -0.389. The van der Waals surface area contributed by atoms with Gasteiger partial charge in [-0.1, -0.05) is 12.1 Å². The van der Waals surface area contributed by atoms with E-state index in [0.29, 0.717) is 30.9 Å². The summed E-state index contributed by atoms with van der Waals surface area (Å²) in [7, 11) is 0. The Hall–Kier alpha value is -3.49. The highest BCUT2D eigenvalue weighted by molar-refractivity contribution is 5.94. The van der Waals surface area contributed by atoms with Crippen LogP contribution in [0, 0.1) is 17.0 Å². The van der Waals surface area contributed by atoms with Crippen LogP contribution < -0.4 is 5.32 Å². The number of amides is 1. The van der Waals surface area contributed by atoms with Crippen molar-refractivity contribution in [1.82, 2.24) is 24.9 Å². The third-order valence-corrected chi connectivity index (χ3v) is 3.86. The molecule has 1 amide bonds. The van der Waals surface area contributed by atoms with E-state index in [9.17, 15) is 14.9 Å². The zero-order chi connectivity index (χ0) is 18.5. The first-order valence-electron chi connectivity index (χ1n) is 8.06. The first-order valence-corrected chi connectivity index (χ1v) is 8.06. The van der Waals surface area contributed by atoms with Gasteiger partial charge in [0.05, 0.1) is 29.9 Å². The second-order valence-electron chi connectivity index (χ2n) is 5.78. The number of hydrogen-bond acceptors (Lipinski definition) is 5. The number of carbonyl (C=O) groups excluding carboxylic acids is 1. The Morgan fingerprint density at radius 3 is 2.85 bits per heavy atom. The Morgan fingerprint density at radius 2 is 2.15 bits per heavy atom. The zero-order valence-corrected chi connectivity index (χ0v) is 14.2. The number of nitrogens with one attached hydrogen (secondary N) is 1.